The van der Waals surface area contributed by atoms with Gasteiger partial charge in [-0.05, 0) is 31.4 Å². The van der Waals surface area contributed by atoms with E-state index in [0.717, 1.165) is 32.4 Å². The first-order valence-corrected chi connectivity index (χ1v) is 7.18. The van der Waals surface area contributed by atoms with Gasteiger partial charge in [0.25, 0.3) is 0 Å². The maximum absolute atomic E-state index is 12.7. The molecule has 3 heteroatoms. The lowest BCUT2D eigenvalue weighted by atomic mass is 9.77. The third-order valence-corrected chi connectivity index (χ3v) is 4.21. The fourth-order valence-electron chi connectivity index (χ4n) is 2.94. The molecule has 104 valence electrons. The molecular formula is C16H24N2O. The summed E-state index contributed by atoms with van der Waals surface area (Å²) < 4.78 is 0. The minimum atomic E-state index is -0.193. The zero-order valence-electron chi connectivity index (χ0n) is 12.0. The number of piperidine rings is 1. The average Bonchev–Trinajstić information content (AvgIpc) is 2.48. The molecule has 1 amide bonds. The molecule has 1 saturated heterocycles. The molecule has 1 aliphatic rings. The van der Waals surface area contributed by atoms with Crippen molar-refractivity contribution in [1.29, 1.82) is 0 Å². The van der Waals surface area contributed by atoms with Gasteiger partial charge in [-0.3, -0.25) is 4.79 Å². The van der Waals surface area contributed by atoms with Gasteiger partial charge in [-0.2, -0.15) is 0 Å². The van der Waals surface area contributed by atoms with Crippen LogP contribution in [0.1, 0.15) is 31.7 Å². The molecule has 0 radical (unpaired) electrons. The SMILES string of the molecule is CCC1(C(=O)N(C)Cc2ccccc2)CCCNC1. The second-order valence-corrected chi connectivity index (χ2v) is 5.56. The number of nitrogens with one attached hydrogen (secondary N) is 1. The van der Waals surface area contributed by atoms with Gasteiger partial charge < -0.3 is 10.2 Å². The Balaban J connectivity index is 2.05. The number of amides is 1. The van der Waals surface area contributed by atoms with Crippen LogP contribution in [0.4, 0.5) is 0 Å². The zero-order chi connectivity index (χ0) is 13.7. The fraction of sp³-hybridized carbons (Fsp3) is 0.562. The van der Waals surface area contributed by atoms with Crippen molar-refractivity contribution in [3.8, 4) is 0 Å². The summed E-state index contributed by atoms with van der Waals surface area (Å²) in [6.45, 7) is 4.68. The molecule has 1 aliphatic heterocycles. The van der Waals surface area contributed by atoms with Gasteiger partial charge in [0.15, 0.2) is 0 Å². The predicted octanol–water partition coefficient (Wildman–Crippen LogP) is 2.42. The number of rotatable bonds is 4. The Morgan fingerprint density at radius 3 is 2.68 bits per heavy atom. The lowest BCUT2D eigenvalue weighted by molar-refractivity contribution is -0.142. The van der Waals surface area contributed by atoms with E-state index in [-0.39, 0.29) is 11.3 Å². The van der Waals surface area contributed by atoms with Crippen molar-refractivity contribution in [2.24, 2.45) is 5.41 Å². The van der Waals surface area contributed by atoms with Crippen molar-refractivity contribution < 1.29 is 4.79 Å². The Morgan fingerprint density at radius 1 is 1.37 bits per heavy atom. The molecule has 1 fully saturated rings. The van der Waals surface area contributed by atoms with Gasteiger partial charge in [-0.25, -0.2) is 0 Å². The molecule has 1 N–H and O–H groups in total. The van der Waals surface area contributed by atoms with Crippen LogP contribution in [0.5, 0.6) is 0 Å². The third kappa shape index (κ3) is 3.16. The molecule has 0 spiro atoms. The summed E-state index contributed by atoms with van der Waals surface area (Å²) >= 11 is 0. The summed E-state index contributed by atoms with van der Waals surface area (Å²) in [7, 11) is 1.92. The van der Waals surface area contributed by atoms with E-state index in [1.54, 1.807) is 0 Å². The van der Waals surface area contributed by atoms with E-state index in [9.17, 15) is 4.79 Å². The molecule has 1 unspecified atom stereocenters. The van der Waals surface area contributed by atoms with Crippen LogP contribution in [-0.4, -0.2) is 30.9 Å². The number of hydrogen-bond donors (Lipinski definition) is 1. The molecular weight excluding hydrogens is 236 g/mol. The lowest BCUT2D eigenvalue weighted by Gasteiger charge is -2.38. The fourth-order valence-corrected chi connectivity index (χ4v) is 2.94. The van der Waals surface area contributed by atoms with Crippen molar-refractivity contribution in [2.45, 2.75) is 32.7 Å². The van der Waals surface area contributed by atoms with E-state index in [4.69, 9.17) is 0 Å². The first kappa shape index (κ1) is 14.1. The van der Waals surface area contributed by atoms with Gasteiger partial charge in [0.1, 0.15) is 0 Å². The highest BCUT2D eigenvalue weighted by Gasteiger charge is 2.39. The molecule has 1 aromatic carbocycles. The zero-order valence-corrected chi connectivity index (χ0v) is 12.0. The molecule has 19 heavy (non-hydrogen) atoms. The molecule has 1 aromatic rings. The second kappa shape index (κ2) is 6.20. The van der Waals surface area contributed by atoms with Crippen LogP contribution in [-0.2, 0) is 11.3 Å². The highest BCUT2D eigenvalue weighted by Crippen LogP contribution is 2.32. The van der Waals surface area contributed by atoms with E-state index in [1.165, 1.54) is 5.56 Å². The Kier molecular flexibility index (Phi) is 4.59. The Hall–Kier alpha value is -1.35. The molecule has 3 nitrogen and oxygen atoms in total. The van der Waals surface area contributed by atoms with Crippen LogP contribution < -0.4 is 5.32 Å². The highest BCUT2D eigenvalue weighted by atomic mass is 16.2. The minimum absolute atomic E-state index is 0.193. The van der Waals surface area contributed by atoms with Crippen LogP contribution in [0.15, 0.2) is 30.3 Å². The van der Waals surface area contributed by atoms with Crippen molar-refractivity contribution in [2.75, 3.05) is 20.1 Å². The summed E-state index contributed by atoms with van der Waals surface area (Å²) in [6, 6.07) is 10.2. The standard InChI is InChI=1S/C16H24N2O/c1-3-16(10-7-11-17-13-16)15(19)18(2)12-14-8-5-4-6-9-14/h4-6,8-9,17H,3,7,10-13H2,1-2H3. The summed E-state index contributed by atoms with van der Waals surface area (Å²) in [4.78, 5) is 14.6. The first-order valence-electron chi connectivity index (χ1n) is 7.18. The number of nitrogens with zero attached hydrogens (tertiary/aromatic N) is 1. The van der Waals surface area contributed by atoms with E-state index >= 15 is 0 Å². The monoisotopic (exact) mass is 260 g/mol. The summed E-state index contributed by atoms with van der Waals surface area (Å²) in [6.07, 6.45) is 3.02. The molecule has 2 rings (SSSR count). The van der Waals surface area contributed by atoms with Crippen molar-refractivity contribution >= 4 is 5.91 Å². The normalized spacial score (nSPS) is 23.1. The van der Waals surface area contributed by atoms with Gasteiger partial charge >= 0.3 is 0 Å². The minimum Gasteiger partial charge on any atom is -0.341 e. The Bertz CT molecular complexity index is 410. The molecule has 1 heterocycles. The number of benzene rings is 1. The smallest absolute Gasteiger partial charge is 0.230 e. The Morgan fingerprint density at radius 2 is 2.11 bits per heavy atom. The highest BCUT2D eigenvalue weighted by molar-refractivity contribution is 5.82. The van der Waals surface area contributed by atoms with Crippen LogP contribution >= 0.6 is 0 Å². The maximum Gasteiger partial charge on any atom is 0.230 e. The van der Waals surface area contributed by atoms with Gasteiger partial charge in [0, 0.05) is 20.1 Å². The number of carbonyl (C=O) groups excluding carboxylic acids is 1. The summed E-state index contributed by atoms with van der Waals surface area (Å²) in [5.41, 5.74) is 0.996. The predicted molar refractivity (Wildman–Crippen MR) is 77.7 cm³/mol. The van der Waals surface area contributed by atoms with Gasteiger partial charge in [-0.1, -0.05) is 37.3 Å². The number of carbonyl (C=O) groups is 1. The lowest BCUT2D eigenvalue weighted by Crippen LogP contribution is -2.50. The van der Waals surface area contributed by atoms with E-state index < -0.39 is 0 Å². The summed E-state index contributed by atoms with van der Waals surface area (Å²) in [5.74, 6) is 0.283. The van der Waals surface area contributed by atoms with Crippen LogP contribution in [0.25, 0.3) is 0 Å². The first-order chi connectivity index (χ1) is 9.18. The topological polar surface area (TPSA) is 32.3 Å². The molecule has 0 aliphatic carbocycles. The van der Waals surface area contributed by atoms with Crippen LogP contribution in [0.3, 0.4) is 0 Å². The van der Waals surface area contributed by atoms with E-state index in [2.05, 4.69) is 24.4 Å². The third-order valence-electron chi connectivity index (χ3n) is 4.21. The van der Waals surface area contributed by atoms with Crippen molar-refractivity contribution in [3.05, 3.63) is 35.9 Å². The van der Waals surface area contributed by atoms with E-state index in [1.807, 2.05) is 30.1 Å². The van der Waals surface area contributed by atoms with Gasteiger partial charge in [0.05, 0.1) is 5.41 Å². The van der Waals surface area contributed by atoms with E-state index in [0.29, 0.717) is 6.54 Å². The van der Waals surface area contributed by atoms with Gasteiger partial charge in [-0.15, -0.1) is 0 Å². The molecule has 1 atom stereocenters. The molecule has 0 aromatic heterocycles. The summed E-state index contributed by atoms with van der Waals surface area (Å²) in [5, 5.41) is 3.38. The Labute approximate surface area is 116 Å². The van der Waals surface area contributed by atoms with Crippen LogP contribution in [0.2, 0.25) is 0 Å². The number of hydrogen-bond acceptors (Lipinski definition) is 2. The van der Waals surface area contributed by atoms with Gasteiger partial charge in [0.2, 0.25) is 5.91 Å². The van der Waals surface area contributed by atoms with Crippen molar-refractivity contribution in [3.63, 3.8) is 0 Å². The largest absolute Gasteiger partial charge is 0.341 e. The molecule has 0 bridgehead atoms. The van der Waals surface area contributed by atoms with Crippen molar-refractivity contribution in [1.82, 2.24) is 10.2 Å². The average molecular weight is 260 g/mol. The van der Waals surface area contributed by atoms with Crippen LogP contribution in [0, 0.1) is 5.41 Å². The maximum atomic E-state index is 12.7. The quantitative estimate of drug-likeness (QED) is 0.901. The second-order valence-electron chi connectivity index (χ2n) is 5.56. The molecule has 0 saturated carbocycles.